The molecule has 0 unspecified atom stereocenters. The van der Waals surface area contributed by atoms with Crippen molar-refractivity contribution < 1.29 is 13.2 Å². The Balaban J connectivity index is 3.06. The van der Waals surface area contributed by atoms with Gasteiger partial charge in [0.05, 0.1) is 6.61 Å². The summed E-state index contributed by atoms with van der Waals surface area (Å²) in [5, 5.41) is 0. The molecule has 0 radical (unpaired) electrons. The van der Waals surface area contributed by atoms with Crippen LogP contribution in [-0.2, 0) is 28.4 Å². The van der Waals surface area contributed by atoms with Crippen LogP contribution in [0.25, 0.3) is 0 Å². The normalized spacial score (nSPS) is 12.0. The van der Waals surface area contributed by atoms with Crippen molar-refractivity contribution in [3.63, 3.8) is 0 Å². The molecular weight excluding hydrogens is 266 g/mol. The zero-order valence-electron chi connectivity index (χ0n) is 11.4. The first-order valence-corrected chi connectivity index (χ1v) is 7.36. The molecule has 0 fully saturated rings. The van der Waals surface area contributed by atoms with Crippen LogP contribution >= 0.6 is 0 Å². The second-order valence-corrected chi connectivity index (χ2v) is 6.06. The number of nitrogens with zero attached hydrogens (tertiary/aromatic N) is 2. The van der Waals surface area contributed by atoms with Crippen molar-refractivity contribution in [3.05, 3.63) is 30.6 Å². The van der Waals surface area contributed by atoms with Crippen LogP contribution in [0.4, 0.5) is 0 Å². The summed E-state index contributed by atoms with van der Waals surface area (Å²) in [6, 6.07) is 1.60. The van der Waals surface area contributed by atoms with Crippen molar-refractivity contribution in [1.82, 2.24) is 8.87 Å². The highest BCUT2D eigenvalue weighted by Gasteiger charge is 2.24. The van der Waals surface area contributed by atoms with Gasteiger partial charge in [-0.2, -0.15) is 4.31 Å². The van der Waals surface area contributed by atoms with E-state index < -0.39 is 10.0 Å². The van der Waals surface area contributed by atoms with E-state index in [-0.39, 0.29) is 18.0 Å². The summed E-state index contributed by atoms with van der Waals surface area (Å²) < 4.78 is 32.9. The summed E-state index contributed by atoms with van der Waals surface area (Å²) in [7, 11) is -0.234. The van der Waals surface area contributed by atoms with E-state index in [2.05, 4.69) is 6.58 Å². The summed E-state index contributed by atoms with van der Waals surface area (Å²) in [4.78, 5) is 0.244. The maximum absolute atomic E-state index is 12.5. The molecule has 0 atom stereocenters. The second-order valence-electron chi connectivity index (χ2n) is 4.13. The topological polar surface area (TPSA) is 77.6 Å². The molecule has 19 heavy (non-hydrogen) atoms. The first-order chi connectivity index (χ1) is 8.97. The van der Waals surface area contributed by atoms with Gasteiger partial charge in [0.1, 0.15) is 4.90 Å². The molecule has 0 saturated carbocycles. The van der Waals surface area contributed by atoms with Gasteiger partial charge < -0.3 is 15.0 Å². The fourth-order valence-electron chi connectivity index (χ4n) is 1.72. The van der Waals surface area contributed by atoms with E-state index >= 15 is 0 Å². The first kappa shape index (κ1) is 15.9. The molecule has 0 amide bonds. The number of rotatable bonds is 8. The molecule has 0 bridgehead atoms. The van der Waals surface area contributed by atoms with E-state index in [0.29, 0.717) is 13.2 Å². The molecule has 0 aliphatic carbocycles. The van der Waals surface area contributed by atoms with Gasteiger partial charge in [-0.05, 0) is 6.07 Å². The number of ether oxygens (including phenoxy) is 1. The van der Waals surface area contributed by atoms with Crippen LogP contribution in [0.2, 0.25) is 0 Å². The summed E-state index contributed by atoms with van der Waals surface area (Å²) in [5.74, 6) is 0. The third-order valence-corrected chi connectivity index (χ3v) is 4.64. The first-order valence-electron chi connectivity index (χ1n) is 5.92. The highest BCUT2D eigenvalue weighted by Crippen LogP contribution is 2.18. The smallest absolute Gasteiger partial charge is 0.244 e. The van der Waals surface area contributed by atoms with E-state index in [1.807, 2.05) is 0 Å². The number of nitrogens with two attached hydrogens (primary N) is 1. The van der Waals surface area contributed by atoms with Gasteiger partial charge in [0.15, 0.2) is 0 Å². The summed E-state index contributed by atoms with van der Waals surface area (Å²) in [5.41, 5.74) is 6.32. The lowest BCUT2D eigenvalue weighted by molar-refractivity contribution is 0.182. The minimum atomic E-state index is -3.54. The second kappa shape index (κ2) is 6.85. The van der Waals surface area contributed by atoms with Gasteiger partial charge in [-0.25, -0.2) is 8.42 Å². The van der Waals surface area contributed by atoms with Gasteiger partial charge >= 0.3 is 0 Å². The summed E-state index contributed by atoms with van der Waals surface area (Å²) in [6.07, 6.45) is 3.13. The van der Waals surface area contributed by atoms with Crippen LogP contribution in [0.3, 0.4) is 0 Å². The van der Waals surface area contributed by atoms with E-state index in [4.69, 9.17) is 10.5 Å². The molecule has 0 aliphatic heterocycles. The predicted molar refractivity (Wildman–Crippen MR) is 74.1 cm³/mol. The fraction of sp³-hybridized carbons (Fsp3) is 0.500. The van der Waals surface area contributed by atoms with Crippen LogP contribution in [0.1, 0.15) is 5.69 Å². The van der Waals surface area contributed by atoms with Crippen LogP contribution in [0.15, 0.2) is 29.8 Å². The number of methoxy groups -OCH3 is 1. The molecule has 6 nitrogen and oxygen atoms in total. The Morgan fingerprint density at radius 2 is 2.26 bits per heavy atom. The maximum atomic E-state index is 12.5. The Bertz CT molecular complexity index is 522. The van der Waals surface area contributed by atoms with Gasteiger partial charge in [0.25, 0.3) is 0 Å². The lowest BCUT2D eigenvalue weighted by Gasteiger charge is -2.19. The van der Waals surface area contributed by atoms with Crippen LogP contribution in [0.5, 0.6) is 0 Å². The van der Waals surface area contributed by atoms with Crippen molar-refractivity contribution >= 4 is 10.0 Å². The molecule has 0 aromatic carbocycles. The molecular formula is C12H21N3O3S. The average molecular weight is 287 g/mol. The van der Waals surface area contributed by atoms with E-state index in [1.165, 1.54) is 11.4 Å². The quantitative estimate of drug-likeness (QED) is 0.698. The Hall–Kier alpha value is -1.15. The summed E-state index contributed by atoms with van der Waals surface area (Å²) >= 11 is 0. The van der Waals surface area contributed by atoms with Gasteiger partial charge in [0, 0.05) is 45.7 Å². The molecule has 0 spiro atoms. The van der Waals surface area contributed by atoms with Crippen molar-refractivity contribution in [2.24, 2.45) is 12.8 Å². The van der Waals surface area contributed by atoms with Gasteiger partial charge in [-0.3, -0.25) is 0 Å². The summed E-state index contributed by atoms with van der Waals surface area (Å²) in [6.45, 7) is 4.75. The molecule has 7 heteroatoms. The van der Waals surface area contributed by atoms with Crippen molar-refractivity contribution in [1.29, 1.82) is 0 Å². The molecule has 0 aliphatic rings. The van der Waals surface area contributed by atoms with Crippen molar-refractivity contribution in [2.45, 2.75) is 11.4 Å². The third-order valence-electron chi connectivity index (χ3n) is 2.81. The molecule has 1 rings (SSSR count). The zero-order valence-corrected chi connectivity index (χ0v) is 12.2. The van der Waals surface area contributed by atoms with E-state index in [9.17, 15) is 8.42 Å². The Kier molecular flexibility index (Phi) is 5.74. The molecule has 0 saturated heterocycles. The standard InChI is InChI=1S/C12H21N3O3S/c1-4-5-15(6-7-18-3)19(16,17)12-8-11(9-13)14(2)10-12/h4,8,10H,1,5-7,9,13H2,2-3H3. The van der Waals surface area contributed by atoms with Gasteiger partial charge in [-0.15, -0.1) is 6.58 Å². The minimum absolute atomic E-state index is 0.244. The Morgan fingerprint density at radius 1 is 1.58 bits per heavy atom. The number of hydrogen-bond acceptors (Lipinski definition) is 4. The Morgan fingerprint density at radius 3 is 2.74 bits per heavy atom. The molecule has 108 valence electrons. The molecule has 1 aromatic heterocycles. The van der Waals surface area contributed by atoms with Crippen LogP contribution in [-0.4, -0.2) is 44.1 Å². The molecule has 2 N–H and O–H groups in total. The van der Waals surface area contributed by atoms with Gasteiger partial charge in [-0.1, -0.05) is 6.08 Å². The number of sulfonamides is 1. The lowest BCUT2D eigenvalue weighted by Crippen LogP contribution is -2.33. The molecule has 1 aromatic rings. The Labute approximate surface area is 114 Å². The molecule has 1 heterocycles. The zero-order chi connectivity index (χ0) is 14.5. The third kappa shape index (κ3) is 3.66. The average Bonchev–Trinajstić information content (AvgIpc) is 2.76. The minimum Gasteiger partial charge on any atom is -0.383 e. The van der Waals surface area contributed by atoms with Crippen molar-refractivity contribution in [2.75, 3.05) is 26.8 Å². The maximum Gasteiger partial charge on any atom is 0.244 e. The van der Waals surface area contributed by atoms with Gasteiger partial charge in [0.2, 0.25) is 10.0 Å². The number of aryl methyl sites for hydroxylation is 1. The SMILES string of the molecule is C=CCN(CCOC)S(=O)(=O)c1cc(CN)n(C)c1. The lowest BCUT2D eigenvalue weighted by atomic mass is 10.4. The number of hydrogen-bond donors (Lipinski definition) is 1. The monoisotopic (exact) mass is 287 g/mol. The number of aromatic nitrogens is 1. The van der Waals surface area contributed by atoms with Crippen LogP contribution < -0.4 is 5.73 Å². The predicted octanol–water partition coefficient (Wildman–Crippen LogP) is 0.307. The van der Waals surface area contributed by atoms with Crippen LogP contribution in [0, 0.1) is 0 Å². The highest BCUT2D eigenvalue weighted by molar-refractivity contribution is 7.89. The van der Waals surface area contributed by atoms with E-state index in [0.717, 1.165) is 5.69 Å². The van der Waals surface area contributed by atoms with E-state index in [1.54, 1.807) is 30.0 Å². The van der Waals surface area contributed by atoms with Crippen molar-refractivity contribution in [3.8, 4) is 0 Å². The fourth-order valence-corrected chi connectivity index (χ4v) is 3.21. The highest BCUT2D eigenvalue weighted by atomic mass is 32.2. The largest absolute Gasteiger partial charge is 0.383 e.